The monoisotopic (exact) mass is 330 g/mol. The fourth-order valence-corrected chi connectivity index (χ4v) is 6.27. The number of aliphatic carboxylic acids is 1. The van der Waals surface area contributed by atoms with Crippen LogP contribution in [0.1, 0.15) is 29.3 Å². The molecule has 0 bridgehead atoms. The van der Waals surface area contributed by atoms with Gasteiger partial charge >= 0.3 is 5.97 Å². The molecule has 2 unspecified atom stereocenters. The highest BCUT2D eigenvalue weighted by atomic mass is 32.2. The first-order valence-corrected chi connectivity index (χ1v) is 9.91. The van der Waals surface area contributed by atoms with Crippen molar-refractivity contribution in [3.8, 4) is 0 Å². The van der Waals surface area contributed by atoms with E-state index in [1.165, 1.54) is 17.3 Å². The molecule has 20 heavy (non-hydrogen) atoms. The van der Waals surface area contributed by atoms with E-state index in [1.54, 1.807) is 11.3 Å². The van der Waals surface area contributed by atoms with E-state index in [4.69, 9.17) is 0 Å². The molecule has 0 radical (unpaired) electrons. The predicted octanol–water partition coefficient (Wildman–Crippen LogP) is 2.91. The zero-order chi connectivity index (χ0) is 13.9. The van der Waals surface area contributed by atoms with Gasteiger partial charge in [0.05, 0.1) is 5.69 Å². The summed E-state index contributed by atoms with van der Waals surface area (Å²) in [6.07, 6.45) is 2.66. The van der Waals surface area contributed by atoms with Crippen LogP contribution in [0.25, 0.3) is 0 Å². The molecule has 3 rings (SSSR count). The number of hydrogen-bond donors (Lipinski definition) is 2. The van der Waals surface area contributed by atoms with Gasteiger partial charge in [0.1, 0.15) is 5.92 Å². The van der Waals surface area contributed by atoms with Crippen LogP contribution in [0.4, 0.5) is 5.13 Å². The second kappa shape index (κ2) is 6.58. The molecule has 0 spiro atoms. The number of anilines is 1. The smallest absolute Gasteiger partial charge is 0.312 e. The van der Waals surface area contributed by atoms with Crippen molar-refractivity contribution in [2.45, 2.75) is 30.4 Å². The lowest BCUT2D eigenvalue weighted by molar-refractivity contribution is -0.139. The molecule has 0 aromatic carbocycles. The highest BCUT2D eigenvalue weighted by molar-refractivity contribution is 8.06. The quantitative estimate of drug-likeness (QED) is 0.885. The first-order valence-electron chi connectivity index (χ1n) is 6.89. The van der Waals surface area contributed by atoms with Crippen LogP contribution in [0, 0.1) is 0 Å². The number of nitrogens with zero attached hydrogens (tertiary/aromatic N) is 1. The van der Waals surface area contributed by atoms with Crippen LogP contribution in [0.2, 0.25) is 0 Å². The number of fused-ring (bicyclic) bond motifs is 1. The van der Waals surface area contributed by atoms with Gasteiger partial charge in [-0.3, -0.25) is 4.79 Å². The summed E-state index contributed by atoms with van der Waals surface area (Å²) in [6.45, 7) is 0.932. The fraction of sp³-hybridized carbons (Fsp3) is 0.692. The number of thiazole rings is 1. The van der Waals surface area contributed by atoms with Gasteiger partial charge in [-0.05, 0) is 19.3 Å². The molecule has 1 saturated heterocycles. The summed E-state index contributed by atoms with van der Waals surface area (Å²) in [5.74, 6) is 2.55. The molecule has 1 aromatic heterocycles. The number of carboxylic acid groups (broad SMARTS) is 1. The molecule has 0 amide bonds. The maximum absolute atomic E-state index is 11.3. The molecule has 1 aromatic rings. The van der Waals surface area contributed by atoms with Crippen LogP contribution in [0.3, 0.4) is 0 Å². The van der Waals surface area contributed by atoms with E-state index in [9.17, 15) is 9.90 Å². The predicted molar refractivity (Wildman–Crippen MR) is 87.5 cm³/mol. The average Bonchev–Trinajstić information content (AvgIpc) is 2.88. The third-order valence-electron chi connectivity index (χ3n) is 3.62. The van der Waals surface area contributed by atoms with Gasteiger partial charge in [0.25, 0.3) is 0 Å². The van der Waals surface area contributed by atoms with Crippen LogP contribution < -0.4 is 5.32 Å². The number of carboxylic acids is 1. The third kappa shape index (κ3) is 3.26. The topological polar surface area (TPSA) is 62.2 Å². The molecular weight excluding hydrogens is 312 g/mol. The lowest BCUT2D eigenvalue weighted by atomic mass is 9.91. The Labute approximate surface area is 131 Å². The summed E-state index contributed by atoms with van der Waals surface area (Å²) in [7, 11) is 0. The Morgan fingerprint density at radius 2 is 2.35 bits per heavy atom. The first-order chi connectivity index (χ1) is 9.74. The molecule has 2 aliphatic rings. The Kier molecular flexibility index (Phi) is 4.78. The molecule has 110 valence electrons. The van der Waals surface area contributed by atoms with Crippen LogP contribution in [0.5, 0.6) is 0 Å². The van der Waals surface area contributed by atoms with Crippen LogP contribution in [0.15, 0.2) is 0 Å². The molecule has 1 aliphatic carbocycles. The molecule has 1 aliphatic heterocycles. The van der Waals surface area contributed by atoms with E-state index in [0.29, 0.717) is 5.25 Å². The van der Waals surface area contributed by atoms with E-state index < -0.39 is 11.9 Å². The molecular formula is C13H18N2O2S3. The summed E-state index contributed by atoms with van der Waals surface area (Å²) in [6, 6.07) is 0. The van der Waals surface area contributed by atoms with Crippen molar-refractivity contribution in [3.63, 3.8) is 0 Å². The van der Waals surface area contributed by atoms with Crippen molar-refractivity contribution in [1.29, 1.82) is 0 Å². The summed E-state index contributed by atoms with van der Waals surface area (Å²) < 4.78 is 0. The number of carbonyl (C=O) groups is 1. The van der Waals surface area contributed by atoms with Gasteiger partial charge in [-0.1, -0.05) is 0 Å². The van der Waals surface area contributed by atoms with E-state index in [-0.39, 0.29) is 0 Å². The molecule has 0 saturated carbocycles. The zero-order valence-electron chi connectivity index (χ0n) is 11.1. The van der Waals surface area contributed by atoms with Crippen molar-refractivity contribution in [3.05, 3.63) is 10.6 Å². The van der Waals surface area contributed by atoms with Crippen molar-refractivity contribution in [2.75, 3.05) is 29.1 Å². The van der Waals surface area contributed by atoms with Gasteiger partial charge in [-0.15, -0.1) is 11.3 Å². The second-order valence-electron chi connectivity index (χ2n) is 5.06. The molecule has 4 nitrogen and oxygen atoms in total. The molecule has 2 heterocycles. The Bertz CT molecular complexity index is 486. The maximum atomic E-state index is 11.3. The maximum Gasteiger partial charge on any atom is 0.312 e. The number of hydrogen-bond acceptors (Lipinski definition) is 6. The normalized spacial score (nSPS) is 26.0. The number of aromatic nitrogens is 1. The Morgan fingerprint density at radius 1 is 1.45 bits per heavy atom. The zero-order valence-corrected chi connectivity index (χ0v) is 13.6. The Balaban J connectivity index is 1.64. The number of nitrogens with one attached hydrogen (secondary N) is 1. The van der Waals surface area contributed by atoms with Crippen molar-refractivity contribution in [2.24, 2.45) is 0 Å². The minimum absolute atomic E-state index is 0.398. The summed E-state index contributed by atoms with van der Waals surface area (Å²) >= 11 is 5.68. The SMILES string of the molecule is O=C(O)C1CCCc2sc(NCC3CSCCS3)nc21. The summed E-state index contributed by atoms with van der Waals surface area (Å²) in [4.78, 5) is 17.0. The highest BCUT2D eigenvalue weighted by Gasteiger charge is 2.30. The van der Waals surface area contributed by atoms with Crippen molar-refractivity contribution < 1.29 is 9.90 Å². The average molecular weight is 331 g/mol. The Hall–Kier alpha value is -0.400. The largest absolute Gasteiger partial charge is 0.481 e. The third-order valence-corrected chi connectivity index (χ3v) is 7.55. The molecule has 2 atom stereocenters. The van der Waals surface area contributed by atoms with E-state index in [2.05, 4.69) is 10.3 Å². The van der Waals surface area contributed by atoms with E-state index in [0.717, 1.165) is 41.5 Å². The van der Waals surface area contributed by atoms with Gasteiger partial charge in [-0.2, -0.15) is 23.5 Å². The van der Waals surface area contributed by atoms with Crippen LogP contribution >= 0.6 is 34.9 Å². The van der Waals surface area contributed by atoms with Gasteiger partial charge in [0.15, 0.2) is 5.13 Å². The van der Waals surface area contributed by atoms with Gasteiger partial charge < -0.3 is 10.4 Å². The fourth-order valence-electron chi connectivity index (χ4n) is 2.59. The lowest BCUT2D eigenvalue weighted by Gasteiger charge is -2.20. The Morgan fingerprint density at radius 3 is 3.10 bits per heavy atom. The minimum atomic E-state index is -0.734. The number of thioether (sulfide) groups is 2. The number of aryl methyl sites for hydroxylation is 1. The van der Waals surface area contributed by atoms with Crippen LogP contribution in [-0.4, -0.2) is 45.1 Å². The van der Waals surface area contributed by atoms with E-state index in [1.807, 2.05) is 23.5 Å². The number of rotatable bonds is 4. The van der Waals surface area contributed by atoms with Crippen LogP contribution in [-0.2, 0) is 11.2 Å². The molecule has 2 N–H and O–H groups in total. The van der Waals surface area contributed by atoms with Gasteiger partial charge in [-0.25, -0.2) is 4.98 Å². The lowest BCUT2D eigenvalue weighted by Crippen LogP contribution is -2.23. The standard InChI is InChI=1S/C13H18N2O2S3/c16-12(17)9-2-1-3-10-11(9)15-13(20-10)14-6-8-7-18-4-5-19-8/h8-9H,1-7H2,(H,14,15)(H,16,17). The van der Waals surface area contributed by atoms with E-state index >= 15 is 0 Å². The summed E-state index contributed by atoms with van der Waals surface area (Å²) in [5, 5.41) is 14.2. The highest BCUT2D eigenvalue weighted by Crippen LogP contribution is 2.37. The molecule has 7 heteroatoms. The van der Waals surface area contributed by atoms with Gasteiger partial charge in [0.2, 0.25) is 0 Å². The van der Waals surface area contributed by atoms with Crippen molar-refractivity contribution >= 4 is 46.0 Å². The molecule has 1 fully saturated rings. The second-order valence-corrected chi connectivity index (χ2v) is 8.70. The first kappa shape index (κ1) is 14.5. The van der Waals surface area contributed by atoms with Gasteiger partial charge in [0, 0.05) is 33.9 Å². The minimum Gasteiger partial charge on any atom is -0.481 e. The summed E-state index contributed by atoms with van der Waals surface area (Å²) in [5.41, 5.74) is 0.807. The van der Waals surface area contributed by atoms with Crippen molar-refractivity contribution in [1.82, 2.24) is 4.98 Å².